The number of methoxy groups -OCH3 is 1. The van der Waals surface area contributed by atoms with Crippen LogP contribution in [-0.4, -0.2) is 211 Å². The van der Waals surface area contributed by atoms with Crippen molar-refractivity contribution in [2.24, 2.45) is 56.7 Å². The number of anilines is 6. The molecule has 12 aromatic rings. The van der Waals surface area contributed by atoms with Gasteiger partial charge in [0.1, 0.15) is 57.7 Å². The van der Waals surface area contributed by atoms with E-state index in [4.69, 9.17) is 4.74 Å². The Morgan fingerprint density at radius 3 is 0.987 bits per heavy atom. The molecule has 792 valence electrons. The van der Waals surface area contributed by atoms with Gasteiger partial charge >= 0.3 is 12.7 Å². The topological polar surface area (TPSA) is 374 Å². The maximum Gasteiger partial charge on any atom is 0.573 e. The van der Waals surface area contributed by atoms with Crippen LogP contribution >= 0.6 is 0 Å². The van der Waals surface area contributed by atoms with Gasteiger partial charge in [-0.15, -0.1) is 26.3 Å². The van der Waals surface area contributed by atoms with Gasteiger partial charge in [-0.3, -0.25) is 89.1 Å². The number of aromatic nitrogens is 9. The Kier molecular flexibility index (Phi) is 31.6. The summed E-state index contributed by atoms with van der Waals surface area (Å²) in [4.78, 5) is 122. The molecule has 9 fully saturated rings. The molecular formula is C110H126F7N21O12. The molecule has 9 saturated heterocycles. The fourth-order valence-electron chi connectivity index (χ4n) is 23.3. The third-order valence-corrected chi connectivity index (χ3v) is 31.8. The third kappa shape index (κ3) is 24.8. The molecule has 40 heteroatoms. The molecule has 6 amide bonds. The predicted octanol–water partition coefficient (Wildman–Crippen LogP) is 15.5. The first kappa shape index (κ1) is 104. The second-order valence-corrected chi connectivity index (χ2v) is 41.4. The Labute approximate surface area is 861 Å². The molecule has 9 N–H and O–H groups in total. The van der Waals surface area contributed by atoms with Crippen molar-refractivity contribution in [3.05, 3.63) is 212 Å². The number of aryl methyl sites for hydroxylation is 3. The molecule has 3 unspecified atom stereocenters. The van der Waals surface area contributed by atoms with Gasteiger partial charge in [-0.25, -0.2) is 4.39 Å². The molecule has 0 aliphatic carbocycles. The van der Waals surface area contributed by atoms with Crippen LogP contribution < -0.4 is 77.5 Å². The van der Waals surface area contributed by atoms with E-state index in [1.54, 1.807) is 77.3 Å². The number of piperidine rings is 9. The first-order valence-corrected chi connectivity index (χ1v) is 52.0. The lowest BCUT2D eigenvalue weighted by Crippen LogP contribution is -2.47. The van der Waals surface area contributed by atoms with E-state index < -0.39 is 24.8 Å². The normalized spacial score (nSPS) is 19.8. The van der Waals surface area contributed by atoms with Crippen LogP contribution in [0.2, 0.25) is 0 Å². The van der Waals surface area contributed by atoms with E-state index in [9.17, 15) is 69.5 Å². The number of imide groups is 3. The number of hydrogen-bond donors (Lipinski definition) is 9. The quantitative estimate of drug-likeness (QED) is 0.0180. The Hall–Kier alpha value is -14.4. The summed E-state index contributed by atoms with van der Waals surface area (Å²) in [5.41, 5.74) is 11.4. The number of benzene rings is 6. The maximum atomic E-state index is 15.7. The number of pyridine rings is 3. The number of halogens is 7. The minimum Gasteiger partial charge on any atom is -0.496 e. The van der Waals surface area contributed by atoms with Crippen molar-refractivity contribution in [1.29, 1.82) is 0 Å². The van der Waals surface area contributed by atoms with Crippen LogP contribution in [0.25, 0.3) is 66.1 Å². The molecule has 9 aliphatic heterocycles. The van der Waals surface area contributed by atoms with E-state index in [2.05, 4.69) is 138 Å². The molecule has 0 radical (unpaired) electrons. The summed E-state index contributed by atoms with van der Waals surface area (Å²) in [6.45, 7) is 12.2. The number of H-pyrrole nitrogens is 3. The number of amides is 6. The predicted molar refractivity (Wildman–Crippen MR) is 557 cm³/mol. The van der Waals surface area contributed by atoms with Crippen LogP contribution in [0.1, 0.15) is 145 Å². The highest BCUT2D eigenvalue weighted by Gasteiger charge is 2.40. The number of aromatic amines is 3. The standard InChI is InChI=1S/C38H44F3N7O4.C36H40F3N7O4.C36H42FN7O4/c1-46-23-31(30-21-42-45-35(30)37(46)51)26-4-5-27(33(20-26)52-38(39,40)41)22-47-16-12-24(13-17-47)2-3-25-14-18-48(19-15-25)29-8-6-28(7-9-29)43-32-10-11-34(49)44-36(32)50;1-44-21-29(28-19-40-43-33(28)35(44)49)24-2-3-25(31(18-24)50-36(37,38)39)20-45-14-10-22(11-15-45)23-12-16-46(17-13-23)27-6-4-26(5-7-27)41-30-8-9-32(47)42-34(30)48;1-42-20-28(27-19-38-41-34(27)36(42)47)24-17-30(37)29(32(18-24)48-2)21-43-13-9-22(10-14-43)23-11-15-44(16-12-23)26-5-3-25(4-6-26)39-31-7-8-33(45)40-35(31)46/h4-9,20-21,23-25,32,43H,2-3,10-19,22H2,1H3,(H,42,45)(H,44,49,50);2-7,18-19,21-23,30,41H,8-17,20H2,1H3,(H,40,43)(H,42,47,48);3-6,17-20,22-23,31,39H,7-16,21H2,1-2H3,(H,38,41)(H,40,45,46). The van der Waals surface area contributed by atoms with Gasteiger partial charge in [0.15, 0.2) is 0 Å². The fourth-order valence-corrected chi connectivity index (χ4v) is 23.3. The van der Waals surface area contributed by atoms with Gasteiger partial charge in [-0.05, 0) is 285 Å². The van der Waals surface area contributed by atoms with E-state index in [1.807, 2.05) is 42.5 Å². The number of alkyl halides is 6. The number of carbonyl (C=O) groups is 6. The lowest BCUT2D eigenvalue weighted by Gasteiger charge is -2.41. The number of carbonyl (C=O) groups excluding carboxylic acids is 6. The number of hydrogen-bond acceptors (Lipinski definition) is 24. The van der Waals surface area contributed by atoms with E-state index in [0.29, 0.717) is 171 Å². The van der Waals surface area contributed by atoms with Crippen molar-refractivity contribution >= 4 is 102 Å². The molecule has 0 bridgehead atoms. The summed E-state index contributed by atoms with van der Waals surface area (Å²) in [5.74, 6) is 2.03. The molecule has 3 atom stereocenters. The monoisotopic (exact) mass is 2070 g/mol. The summed E-state index contributed by atoms with van der Waals surface area (Å²) in [6.07, 6.45) is 17.7. The van der Waals surface area contributed by atoms with E-state index in [0.717, 1.165) is 184 Å². The summed E-state index contributed by atoms with van der Waals surface area (Å²) in [5, 5.41) is 38.7. The second-order valence-electron chi connectivity index (χ2n) is 41.4. The van der Waals surface area contributed by atoms with E-state index in [1.165, 1.54) is 68.5 Å². The Balaban J connectivity index is 0.000000141. The first-order valence-electron chi connectivity index (χ1n) is 52.0. The molecule has 6 aromatic carbocycles. The molecule has 6 aromatic heterocycles. The fraction of sp³-hybridized carbons (Fsp3) is 0.455. The molecule has 21 rings (SSSR count). The van der Waals surface area contributed by atoms with Crippen molar-refractivity contribution in [2.75, 3.05) is 116 Å². The molecule has 15 heterocycles. The molecule has 150 heavy (non-hydrogen) atoms. The van der Waals surface area contributed by atoms with Gasteiger partial charge in [0, 0.05) is 202 Å². The van der Waals surface area contributed by atoms with Crippen LogP contribution in [0.15, 0.2) is 173 Å². The van der Waals surface area contributed by atoms with Gasteiger partial charge < -0.3 is 58.6 Å². The second kappa shape index (κ2) is 45.6. The summed E-state index contributed by atoms with van der Waals surface area (Å²) in [7, 11) is 6.43. The van der Waals surface area contributed by atoms with Crippen LogP contribution in [0.3, 0.4) is 0 Å². The van der Waals surface area contributed by atoms with E-state index in [-0.39, 0.29) is 81.0 Å². The van der Waals surface area contributed by atoms with Crippen molar-refractivity contribution in [3.63, 3.8) is 0 Å². The minimum atomic E-state index is -4.85. The van der Waals surface area contributed by atoms with E-state index >= 15 is 4.39 Å². The summed E-state index contributed by atoms with van der Waals surface area (Å²) >= 11 is 0. The largest absolute Gasteiger partial charge is 0.573 e. The van der Waals surface area contributed by atoms with Crippen molar-refractivity contribution in [2.45, 2.75) is 179 Å². The number of fused-ring (bicyclic) bond motifs is 3. The molecule has 0 saturated carbocycles. The van der Waals surface area contributed by atoms with Crippen molar-refractivity contribution in [1.82, 2.24) is 74.9 Å². The number of nitrogens with one attached hydrogen (secondary N) is 9. The Morgan fingerprint density at radius 1 is 0.360 bits per heavy atom. The highest BCUT2D eigenvalue weighted by molar-refractivity contribution is 6.03. The lowest BCUT2D eigenvalue weighted by atomic mass is 9.78. The van der Waals surface area contributed by atoms with Crippen molar-refractivity contribution < 1.29 is 73.7 Å². The zero-order chi connectivity index (χ0) is 105. The summed E-state index contributed by atoms with van der Waals surface area (Å²) < 4.78 is 116. The van der Waals surface area contributed by atoms with Crippen molar-refractivity contribution in [3.8, 4) is 50.6 Å². The Bertz CT molecular complexity index is 7080. The smallest absolute Gasteiger partial charge is 0.496 e. The highest BCUT2D eigenvalue weighted by atomic mass is 19.4. The number of rotatable bonds is 26. The van der Waals surface area contributed by atoms with Crippen LogP contribution in [0.4, 0.5) is 64.9 Å². The SMILES string of the molecule is COc1cc(-c2cn(C)c(=O)c3[nH]ncc23)cc(F)c1CN1CCC(C2CCN(c3ccc(NC4CCC(=O)NC4=O)cc3)CC2)CC1.Cn1cc(-c2ccc(CN3CCC(C4CCN(c5ccc(NC6CCC(=O)NC6=O)cc5)CC4)CC3)c(OC(F)(F)F)c2)c2cn[nH]c2c1=O.Cn1cc(-c2ccc(CN3CCC(CCC4CCN(c5ccc(NC6CCC(=O)NC6=O)cc5)CC4)CC3)c(OC(F)(F)F)c2)c2cn[nH]c2c1=O. The van der Waals surface area contributed by atoms with Gasteiger partial charge in [0.25, 0.3) is 16.7 Å². The number of likely N-dealkylation sites (tertiary alicyclic amines) is 3. The third-order valence-electron chi connectivity index (χ3n) is 31.8. The first-order chi connectivity index (χ1) is 72.3. The van der Waals surface area contributed by atoms with Gasteiger partial charge in [0.2, 0.25) is 35.4 Å². The van der Waals surface area contributed by atoms with Crippen LogP contribution in [0, 0.1) is 41.3 Å². The summed E-state index contributed by atoms with van der Waals surface area (Å²) in [6, 6.07) is 36.4. The molecule has 0 spiro atoms. The van der Waals surface area contributed by atoms with Crippen LogP contribution in [-0.2, 0) is 69.5 Å². The lowest BCUT2D eigenvalue weighted by molar-refractivity contribution is -0.276. The molecule has 33 nitrogen and oxygen atoms in total. The highest BCUT2D eigenvalue weighted by Crippen LogP contribution is 2.44. The Morgan fingerprint density at radius 2 is 0.660 bits per heavy atom. The zero-order valence-electron chi connectivity index (χ0n) is 84.4. The zero-order valence-corrected chi connectivity index (χ0v) is 84.4. The molecular weight excluding hydrogens is 1940 g/mol. The van der Waals surface area contributed by atoms with Gasteiger partial charge in [0.05, 0.1) is 25.7 Å². The number of ether oxygens (including phenoxy) is 3. The average Bonchev–Trinajstić information content (AvgIpc) is 1.54. The maximum absolute atomic E-state index is 15.7. The minimum absolute atomic E-state index is 0.183. The van der Waals surface area contributed by atoms with Crippen LogP contribution in [0.5, 0.6) is 17.2 Å². The number of nitrogens with zero attached hydrogens (tertiary/aromatic N) is 12. The van der Waals surface area contributed by atoms with Gasteiger partial charge in [-0.1, -0.05) is 37.1 Å². The molecule has 9 aliphatic rings. The van der Waals surface area contributed by atoms with Gasteiger partial charge in [-0.2, -0.15) is 15.3 Å². The average molecular weight is 2070 g/mol.